The molecular weight excluding hydrogens is 268 g/mol. The second-order valence-electron chi connectivity index (χ2n) is 2.75. The van der Waals surface area contributed by atoms with Crippen LogP contribution in [0.3, 0.4) is 0 Å². The van der Waals surface area contributed by atoms with Gasteiger partial charge in [-0.15, -0.1) is 0 Å². The average Bonchev–Trinajstić information content (AvgIpc) is 1.97. The number of rotatable bonds is 6. The quantitative estimate of drug-likeness (QED) is 0.518. The zero-order valence-corrected chi connectivity index (χ0v) is 10.7. The van der Waals surface area contributed by atoms with E-state index in [1.54, 1.807) is 0 Å². The first-order valence-corrected chi connectivity index (χ1v) is 5.82. The molecule has 0 spiro atoms. The van der Waals surface area contributed by atoms with Crippen LogP contribution in [0.1, 0.15) is 32.6 Å². The average molecular weight is 284 g/mol. The fraction of sp³-hybridized carbons (Fsp3) is 0.875. The molecule has 0 unspecified atom stereocenters. The Hall–Kier alpha value is 0.709. The van der Waals surface area contributed by atoms with Gasteiger partial charge in [0.05, 0.1) is 0 Å². The van der Waals surface area contributed by atoms with Gasteiger partial charge >= 0.3 is 86.1 Å². The zero-order valence-electron chi connectivity index (χ0n) is 7.30. The minimum atomic E-state index is 1.16. The van der Waals surface area contributed by atoms with Gasteiger partial charge < -0.3 is 0 Å². The summed E-state index contributed by atoms with van der Waals surface area (Å²) in [6.07, 6.45) is 5.34. The SMILES string of the molecule is CCCCCCN(C)C(=[Se])[Se-]. The normalized spacial score (nSPS) is 9.64. The Bertz CT molecular complexity index is 115. The van der Waals surface area contributed by atoms with Gasteiger partial charge in [0.25, 0.3) is 0 Å². The number of hydrogen-bond donors (Lipinski definition) is 0. The van der Waals surface area contributed by atoms with Crippen LogP contribution in [0.4, 0.5) is 0 Å². The molecule has 0 saturated carbocycles. The Labute approximate surface area is 86.1 Å². The van der Waals surface area contributed by atoms with E-state index in [9.17, 15) is 0 Å². The van der Waals surface area contributed by atoms with Crippen LogP contribution in [0.5, 0.6) is 0 Å². The Kier molecular flexibility index (Phi) is 7.84. The molecule has 0 atom stereocenters. The molecule has 0 N–H and O–H groups in total. The third kappa shape index (κ3) is 7.08. The molecule has 0 aromatic carbocycles. The second kappa shape index (κ2) is 7.36. The molecule has 0 aromatic heterocycles. The molecule has 3 heteroatoms. The van der Waals surface area contributed by atoms with Crippen molar-refractivity contribution < 1.29 is 0 Å². The molecule has 1 nitrogen and oxygen atoms in total. The Morgan fingerprint density at radius 1 is 1.36 bits per heavy atom. The molecule has 0 aromatic rings. The second-order valence-corrected chi connectivity index (χ2v) is 5.68. The standard InChI is InChI=1S/C8H17NSe2/c1-3-4-5-6-7-9(2)8(10)11/h3-7H2,1-2H3,(H,10,11)/p-1. The molecule has 0 saturated heterocycles. The van der Waals surface area contributed by atoms with Crippen molar-refractivity contribution in [1.29, 1.82) is 0 Å². The first-order valence-electron chi connectivity index (χ1n) is 4.10. The van der Waals surface area contributed by atoms with E-state index >= 15 is 0 Å². The molecule has 0 aliphatic rings. The third-order valence-corrected chi connectivity index (χ3v) is 2.97. The molecule has 0 rings (SSSR count). The molecular formula is C8H16NSe2-. The number of unbranched alkanes of at least 4 members (excludes halogenated alkanes) is 3. The summed E-state index contributed by atoms with van der Waals surface area (Å²) in [6, 6.07) is 0. The summed E-state index contributed by atoms with van der Waals surface area (Å²) in [5, 5.41) is 0. The molecule has 0 amide bonds. The predicted octanol–water partition coefficient (Wildman–Crippen LogP) is 0.923. The van der Waals surface area contributed by atoms with Crippen LogP contribution >= 0.6 is 0 Å². The molecule has 0 aliphatic heterocycles. The molecule has 11 heavy (non-hydrogen) atoms. The minimum absolute atomic E-state index is 1.16. The van der Waals surface area contributed by atoms with Gasteiger partial charge in [0.2, 0.25) is 0 Å². The number of nitrogens with zero attached hydrogens (tertiary/aromatic N) is 1. The van der Waals surface area contributed by atoms with Crippen molar-refractivity contribution >= 4 is 35.0 Å². The van der Waals surface area contributed by atoms with Gasteiger partial charge in [-0.05, 0) is 0 Å². The van der Waals surface area contributed by atoms with Crippen LogP contribution in [0, 0.1) is 0 Å². The topological polar surface area (TPSA) is 3.24 Å². The van der Waals surface area contributed by atoms with E-state index in [1.165, 1.54) is 29.1 Å². The van der Waals surface area contributed by atoms with Crippen LogP contribution in [0.2, 0.25) is 0 Å². The predicted molar refractivity (Wildman–Crippen MR) is 53.3 cm³/mol. The van der Waals surface area contributed by atoms with Gasteiger partial charge in [-0.1, -0.05) is 0 Å². The van der Waals surface area contributed by atoms with Crippen molar-refractivity contribution in [3.8, 4) is 0 Å². The summed E-state index contributed by atoms with van der Waals surface area (Å²) in [5.74, 6) is 0. The van der Waals surface area contributed by atoms with Crippen molar-refractivity contribution in [2.24, 2.45) is 0 Å². The van der Waals surface area contributed by atoms with Crippen LogP contribution < -0.4 is 0 Å². The summed E-state index contributed by atoms with van der Waals surface area (Å²) >= 11 is 5.94. The fourth-order valence-corrected chi connectivity index (χ4v) is 1.25. The van der Waals surface area contributed by atoms with E-state index in [2.05, 4.69) is 50.5 Å². The van der Waals surface area contributed by atoms with Crippen molar-refractivity contribution in [1.82, 2.24) is 4.90 Å². The summed E-state index contributed by atoms with van der Waals surface area (Å²) in [4.78, 5) is 2.22. The molecule has 66 valence electrons. The number of hydrogen-bond acceptors (Lipinski definition) is 1. The van der Waals surface area contributed by atoms with Crippen LogP contribution in [-0.4, -0.2) is 53.5 Å². The van der Waals surface area contributed by atoms with Crippen LogP contribution in [-0.2, 0) is 0 Å². The Balaban J connectivity index is 3.17. The van der Waals surface area contributed by atoms with Crippen LogP contribution in [0.25, 0.3) is 0 Å². The Morgan fingerprint density at radius 2 is 2.00 bits per heavy atom. The van der Waals surface area contributed by atoms with Gasteiger partial charge in [-0.3, -0.25) is 0 Å². The van der Waals surface area contributed by atoms with E-state index < -0.39 is 0 Å². The van der Waals surface area contributed by atoms with Gasteiger partial charge in [-0.25, -0.2) is 0 Å². The van der Waals surface area contributed by atoms with E-state index in [0.717, 1.165) is 6.54 Å². The van der Waals surface area contributed by atoms with Crippen molar-refractivity contribution in [2.75, 3.05) is 13.6 Å². The fourth-order valence-electron chi connectivity index (χ4n) is 0.867. The summed E-state index contributed by atoms with van der Waals surface area (Å²) in [5.41, 5.74) is 0. The summed E-state index contributed by atoms with van der Waals surface area (Å²) in [7, 11) is 2.11. The molecule has 0 heterocycles. The van der Waals surface area contributed by atoms with E-state index in [1.807, 2.05) is 0 Å². The molecule has 0 aliphatic carbocycles. The van der Waals surface area contributed by atoms with E-state index in [-0.39, 0.29) is 0 Å². The van der Waals surface area contributed by atoms with Crippen molar-refractivity contribution in [3.05, 3.63) is 0 Å². The third-order valence-electron chi connectivity index (χ3n) is 1.66. The summed E-state index contributed by atoms with van der Waals surface area (Å²) < 4.78 is 1.17. The van der Waals surface area contributed by atoms with Gasteiger partial charge in [0.1, 0.15) is 0 Å². The maximum absolute atomic E-state index is 2.97. The van der Waals surface area contributed by atoms with Gasteiger partial charge in [0.15, 0.2) is 0 Å². The van der Waals surface area contributed by atoms with Crippen LogP contribution in [0.15, 0.2) is 0 Å². The first kappa shape index (κ1) is 11.7. The maximum atomic E-state index is 2.97. The Morgan fingerprint density at radius 3 is 2.45 bits per heavy atom. The van der Waals surface area contributed by atoms with Crippen molar-refractivity contribution in [2.45, 2.75) is 32.6 Å². The van der Waals surface area contributed by atoms with E-state index in [4.69, 9.17) is 0 Å². The van der Waals surface area contributed by atoms with Gasteiger partial charge in [0, 0.05) is 0 Å². The first-order chi connectivity index (χ1) is 5.18. The molecule has 0 radical (unpaired) electrons. The zero-order chi connectivity index (χ0) is 8.69. The summed E-state index contributed by atoms with van der Waals surface area (Å²) in [6.45, 7) is 3.40. The van der Waals surface area contributed by atoms with Gasteiger partial charge in [-0.2, -0.15) is 0 Å². The molecule has 0 bridgehead atoms. The monoisotopic (exact) mass is 286 g/mol. The van der Waals surface area contributed by atoms with E-state index in [0.29, 0.717) is 0 Å². The molecule has 0 fully saturated rings. The van der Waals surface area contributed by atoms with Crippen molar-refractivity contribution in [3.63, 3.8) is 0 Å².